The number of carbonyl (C=O) groups is 1. The maximum atomic E-state index is 14.4. The summed E-state index contributed by atoms with van der Waals surface area (Å²) in [7, 11) is 1.27. The number of nitrogens with one attached hydrogen (secondary N) is 1. The van der Waals surface area contributed by atoms with Gasteiger partial charge in [0.2, 0.25) is 5.78 Å². The molecule has 2 aromatic heterocycles. The second-order valence-corrected chi connectivity index (χ2v) is 4.94. The number of hydrogen-bond donors (Lipinski definition) is 1. The van der Waals surface area contributed by atoms with Crippen LogP contribution in [0.4, 0.5) is 17.6 Å². The average molecular weight is 338 g/mol. The van der Waals surface area contributed by atoms with Gasteiger partial charge >= 0.3 is 6.18 Å². The molecule has 0 radical (unpaired) electrons. The van der Waals surface area contributed by atoms with Gasteiger partial charge in [-0.3, -0.25) is 4.79 Å². The molecule has 4 nitrogen and oxygen atoms in total. The summed E-state index contributed by atoms with van der Waals surface area (Å²) in [6, 6.07) is 5.87. The summed E-state index contributed by atoms with van der Waals surface area (Å²) in [5.41, 5.74) is -1.41. The number of H-pyrrole nitrogens is 1. The lowest BCUT2D eigenvalue weighted by molar-refractivity contribution is -0.141. The highest BCUT2D eigenvalue weighted by Gasteiger charge is 2.33. The number of aromatic amines is 1. The van der Waals surface area contributed by atoms with Crippen molar-refractivity contribution in [1.82, 2.24) is 9.97 Å². The van der Waals surface area contributed by atoms with E-state index in [1.54, 1.807) is 0 Å². The van der Waals surface area contributed by atoms with Crippen molar-refractivity contribution in [1.29, 1.82) is 0 Å². The molecule has 0 atom stereocenters. The van der Waals surface area contributed by atoms with Crippen molar-refractivity contribution >= 4 is 16.7 Å². The number of aromatic nitrogens is 2. The number of rotatable bonds is 3. The Morgan fingerprint density at radius 2 is 1.96 bits per heavy atom. The monoisotopic (exact) mass is 338 g/mol. The van der Waals surface area contributed by atoms with E-state index >= 15 is 0 Å². The fourth-order valence-electron chi connectivity index (χ4n) is 2.36. The van der Waals surface area contributed by atoms with Crippen molar-refractivity contribution in [3.05, 3.63) is 59.3 Å². The summed E-state index contributed by atoms with van der Waals surface area (Å²) in [4.78, 5) is 18.5. The number of ketones is 1. The van der Waals surface area contributed by atoms with Crippen LogP contribution in [0.3, 0.4) is 0 Å². The van der Waals surface area contributed by atoms with E-state index in [1.807, 2.05) is 0 Å². The highest BCUT2D eigenvalue weighted by atomic mass is 19.4. The van der Waals surface area contributed by atoms with Gasteiger partial charge in [0.15, 0.2) is 11.6 Å². The van der Waals surface area contributed by atoms with Crippen LogP contribution in [0.25, 0.3) is 10.9 Å². The average Bonchev–Trinajstić information content (AvgIpc) is 2.99. The molecule has 0 amide bonds. The smallest absolute Gasteiger partial charge is 0.433 e. The first-order valence-corrected chi connectivity index (χ1v) is 6.75. The van der Waals surface area contributed by atoms with Gasteiger partial charge in [-0.05, 0) is 24.3 Å². The van der Waals surface area contributed by atoms with Crippen molar-refractivity contribution < 1.29 is 27.1 Å². The molecule has 124 valence electrons. The molecule has 0 spiro atoms. The minimum Gasteiger partial charge on any atom is -0.494 e. The van der Waals surface area contributed by atoms with Crippen molar-refractivity contribution in [2.45, 2.75) is 6.18 Å². The number of pyridine rings is 1. The van der Waals surface area contributed by atoms with E-state index in [-0.39, 0.29) is 16.7 Å². The highest BCUT2D eigenvalue weighted by molar-refractivity contribution is 6.15. The van der Waals surface area contributed by atoms with Crippen LogP contribution >= 0.6 is 0 Å². The Morgan fingerprint density at radius 1 is 1.21 bits per heavy atom. The molecule has 0 unspecified atom stereocenters. The van der Waals surface area contributed by atoms with E-state index in [2.05, 4.69) is 9.97 Å². The number of methoxy groups -OCH3 is 1. The van der Waals surface area contributed by atoms with Gasteiger partial charge in [-0.2, -0.15) is 13.2 Å². The lowest BCUT2D eigenvalue weighted by Gasteiger charge is -2.07. The van der Waals surface area contributed by atoms with Crippen LogP contribution in [0.2, 0.25) is 0 Å². The third kappa shape index (κ3) is 2.60. The third-order valence-corrected chi connectivity index (χ3v) is 3.48. The number of halogens is 4. The maximum Gasteiger partial charge on any atom is 0.433 e. The number of fused-ring (bicyclic) bond motifs is 1. The predicted molar refractivity (Wildman–Crippen MR) is 77.5 cm³/mol. The molecular weight excluding hydrogens is 328 g/mol. The first-order valence-electron chi connectivity index (χ1n) is 6.75. The molecule has 3 rings (SSSR count). The van der Waals surface area contributed by atoms with E-state index in [9.17, 15) is 22.4 Å². The quantitative estimate of drug-likeness (QED) is 0.581. The largest absolute Gasteiger partial charge is 0.494 e. The van der Waals surface area contributed by atoms with Crippen LogP contribution in [0.15, 0.2) is 36.5 Å². The Balaban J connectivity index is 2.13. The minimum absolute atomic E-state index is 0.0569. The number of benzene rings is 1. The number of alkyl halides is 3. The molecule has 0 saturated carbocycles. The maximum absolute atomic E-state index is 14.4. The topological polar surface area (TPSA) is 55.0 Å². The van der Waals surface area contributed by atoms with Crippen LogP contribution in [0.1, 0.15) is 21.7 Å². The first-order chi connectivity index (χ1) is 11.3. The lowest BCUT2D eigenvalue weighted by atomic mass is 10.1. The molecule has 24 heavy (non-hydrogen) atoms. The lowest BCUT2D eigenvalue weighted by Crippen LogP contribution is -2.12. The number of nitrogens with zero attached hydrogens (tertiary/aromatic N) is 1. The Bertz CT molecular complexity index is 931. The Kier molecular flexibility index (Phi) is 3.75. The van der Waals surface area contributed by atoms with E-state index in [0.717, 1.165) is 18.2 Å². The fourth-order valence-corrected chi connectivity index (χ4v) is 2.36. The zero-order valence-electron chi connectivity index (χ0n) is 12.2. The van der Waals surface area contributed by atoms with Gasteiger partial charge in [0.1, 0.15) is 11.4 Å². The molecule has 0 aliphatic rings. The Labute approximate surface area is 133 Å². The third-order valence-electron chi connectivity index (χ3n) is 3.48. The molecule has 0 bridgehead atoms. The van der Waals surface area contributed by atoms with Crippen molar-refractivity contribution in [2.24, 2.45) is 0 Å². The van der Waals surface area contributed by atoms with E-state index in [0.29, 0.717) is 5.52 Å². The molecule has 0 aliphatic carbocycles. The molecular formula is C16H10F4N2O2. The normalized spacial score (nSPS) is 11.7. The second kappa shape index (κ2) is 5.63. The minimum atomic E-state index is -4.68. The molecule has 1 N–H and O–H groups in total. The van der Waals surface area contributed by atoms with Crippen LogP contribution in [0, 0.1) is 5.82 Å². The van der Waals surface area contributed by atoms with Crippen LogP contribution in [0.5, 0.6) is 5.75 Å². The van der Waals surface area contributed by atoms with Crippen LogP contribution in [-0.4, -0.2) is 22.9 Å². The molecule has 0 fully saturated rings. The molecule has 3 aromatic rings. The fraction of sp³-hybridized carbons (Fsp3) is 0.125. The second-order valence-electron chi connectivity index (χ2n) is 4.94. The number of ether oxygens (including phenoxy) is 1. The van der Waals surface area contributed by atoms with E-state index < -0.39 is 29.2 Å². The first kappa shape index (κ1) is 16.0. The van der Waals surface area contributed by atoms with E-state index in [4.69, 9.17) is 4.74 Å². The van der Waals surface area contributed by atoms with Gasteiger partial charge in [-0.15, -0.1) is 0 Å². The number of carbonyl (C=O) groups excluding carboxylic acids is 1. The SMILES string of the molecule is COc1ccc2[nH]cc(C(=O)c3cccc(C(F)(F)F)n3)c2c1F. The number of hydrogen-bond acceptors (Lipinski definition) is 3. The van der Waals surface area contributed by atoms with Crippen LogP contribution in [-0.2, 0) is 6.18 Å². The zero-order chi connectivity index (χ0) is 17.5. The van der Waals surface area contributed by atoms with Crippen molar-refractivity contribution in [2.75, 3.05) is 7.11 Å². The Hall–Kier alpha value is -2.90. The van der Waals surface area contributed by atoms with Gasteiger partial charge in [-0.25, -0.2) is 9.37 Å². The summed E-state index contributed by atoms with van der Waals surface area (Å²) >= 11 is 0. The van der Waals surface area contributed by atoms with Gasteiger partial charge in [0.25, 0.3) is 0 Å². The van der Waals surface area contributed by atoms with Gasteiger partial charge in [0, 0.05) is 11.7 Å². The van der Waals surface area contributed by atoms with Crippen molar-refractivity contribution in [3.8, 4) is 5.75 Å². The van der Waals surface area contributed by atoms with Crippen molar-refractivity contribution in [3.63, 3.8) is 0 Å². The standard InChI is InChI=1S/C16H10F4N2O2/c1-24-11-6-5-9-13(14(11)17)8(7-21-9)15(23)10-3-2-4-12(22-10)16(18,19)20/h2-7,21H,1H3. The molecule has 2 heterocycles. The highest BCUT2D eigenvalue weighted by Crippen LogP contribution is 2.31. The summed E-state index contributed by atoms with van der Waals surface area (Å²) in [5, 5.41) is -0.0569. The zero-order valence-corrected chi connectivity index (χ0v) is 12.2. The molecule has 8 heteroatoms. The summed E-state index contributed by atoms with van der Waals surface area (Å²) in [6.07, 6.45) is -3.44. The van der Waals surface area contributed by atoms with Gasteiger partial charge in [-0.1, -0.05) is 6.07 Å². The predicted octanol–water partition coefficient (Wildman–Crippen LogP) is 3.96. The summed E-state index contributed by atoms with van der Waals surface area (Å²) in [6.45, 7) is 0. The summed E-state index contributed by atoms with van der Waals surface area (Å²) < 4.78 is 57.5. The van der Waals surface area contributed by atoms with E-state index in [1.165, 1.54) is 25.4 Å². The molecule has 0 aliphatic heterocycles. The Morgan fingerprint density at radius 3 is 2.62 bits per heavy atom. The van der Waals surface area contributed by atoms with Gasteiger partial charge < -0.3 is 9.72 Å². The molecule has 1 aromatic carbocycles. The van der Waals surface area contributed by atoms with Crippen LogP contribution < -0.4 is 4.74 Å². The van der Waals surface area contributed by atoms with Gasteiger partial charge in [0.05, 0.1) is 18.1 Å². The summed E-state index contributed by atoms with van der Waals surface area (Å²) in [5.74, 6) is -1.67. The molecule has 0 saturated heterocycles.